The molecule has 0 spiro atoms. The van der Waals surface area contributed by atoms with E-state index in [9.17, 15) is 5.11 Å². The molecule has 0 unspecified atom stereocenters. The molecular formula is C13H14ClN3O. The largest absolute Gasteiger partial charge is 0.384 e. The molecule has 0 aliphatic carbocycles. The molecule has 2 N–H and O–H groups in total. The lowest BCUT2D eigenvalue weighted by Crippen LogP contribution is -2.31. The maximum atomic E-state index is 10.4. The highest BCUT2D eigenvalue weighted by Crippen LogP contribution is 2.23. The van der Waals surface area contributed by atoms with Gasteiger partial charge in [0.05, 0.1) is 6.20 Å². The summed E-state index contributed by atoms with van der Waals surface area (Å²) < 4.78 is 0. The lowest BCUT2D eigenvalue weighted by molar-refractivity contribution is 0.0714. The zero-order valence-electron chi connectivity index (χ0n) is 9.97. The average molecular weight is 264 g/mol. The third-order valence-electron chi connectivity index (χ3n) is 2.62. The Bertz CT molecular complexity index is 517. The number of rotatable bonds is 4. The lowest BCUT2D eigenvalue weighted by Gasteiger charge is -2.24. The first-order valence-corrected chi connectivity index (χ1v) is 5.94. The van der Waals surface area contributed by atoms with Crippen molar-refractivity contribution in [1.29, 1.82) is 0 Å². The molecule has 2 aromatic rings. The molecule has 4 nitrogen and oxygen atoms in total. The Morgan fingerprint density at radius 3 is 2.89 bits per heavy atom. The second kappa shape index (κ2) is 5.33. The van der Waals surface area contributed by atoms with Crippen LogP contribution in [0.4, 0.5) is 5.82 Å². The molecule has 0 aliphatic heterocycles. The zero-order valence-corrected chi connectivity index (χ0v) is 10.7. The van der Waals surface area contributed by atoms with Gasteiger partial charge in [0.25, 0.3) is 0 Å². The van der Waals surface area contributed by atoms with Crippen LogP contribution in [0.15, 0.2) is 42.9 Å². The maximum Gasteiger partial charge on any atom is 0.144 e. The number of hydrogen-bond donors (Lipinski definition) is 2. The van der Waals surface area contributed by atoms with Gasteiger partial charge in [-0.3, -0.25) is 4.98 Å². The first-order valence-electron chi connectivity index (χ1n) is 5.56. The summed E-state index contributed by atoms with van der Waals surface area (Å²) in [6.07, 6.45) is 4.80. The quantitative estimate of drug-likeness (QED) is 0.890. The highest BCUT2D eigenvalue weighted by atomic mass is 35.5. The van der Waals surface area contributed by atoms with Crippen molar-refractivity contribution < 1.29 is 5.11 Å². The van der Waals surface area contributed by atoms with Gasteiger partial charge in [-0.2, -0.15) is 0 Å². The van der Waals surface area contributed by atoms with E-state index in [1.165, 1.54) is 0 Å². The Labute approximate surface area is 111 Å². The molecule has 2 rings (SSSR count). The van der Waals surface area contributed by atoms with Crippen LogP contribution in [-0.2, 0) is 5.60 Å². The Hall–Kier alpha value is -1.65. The minimum absolute atomic E-state index is 0.325. The SMILES string of the molecule is C[C@@](O)(CNc1cnccn1)c1cccc(Cl)c1. The summed E-state index contributed by atoms with van der Waals surface area (Å²) in [6, 6.07) is 7.18. The molecule has 1 aromatic heterocycles. The van der Waals surface area contributed by atoms with E-state index in [-0.39, 0.29) is 0 Å². The molecule has 0 fully saturated rings. The molecule has 0 saturated carbocycles. The summed E-state index contributed by atoms with van der Waals surface area (Å²) in [5, 5.41) is 14.0. The first kappa shape index (κ1) is 12.8. The maximum absolute atomic E-state index is 10.4. The summed E-state index contributed by atoms with van der Waals surface area (Å²) in [6.45, 7) is 2.05. The van der Waals surface area contributed by atoms with Crippen molar-refractivity contribution in [2.75, 3.05) is 11.9 Å². The number of hydrogen-bond acceptors (Lipinski definition) is 4. The van der Waals surface area contributed by atoms with Gasteiger partial charge in [-0.25, -0.2) is 4.98 Å². The zero-order chi connectivity index (χ0) is 13.0. The standard InChI is InChI=1S/C13H14ClN3O/c1-13(18,10-3-2-4-11(14)7-10)9-17-12-8-15-5-6-16-12/h2-8,18H,9H2,1H3,(H,16,17)/t13-/m1/s1. The van der Waals surface area contributed by atoms with Crippen LogP contribution in [0.2, 0.25) is 5.02 Å². The van der Waals surface area contributed by atoms with Crippen molar-refractivity contribution in [1.82, 2.24) is 9.97 Å². The molecule has 0 aliphatic rings. The second-order valence-electron chi connectivity index (χ2n) is 4.23. The number of nitrogens with one attached hydrogen (secondary N) is 1. The van der Waals surface area contributed by atoms with Gasteiger partial charge in [-0.15, -0.1) is 0 Å². The number of halogens is 1. The van der Waals surface area contributed by atoms with Crippen LogP contribution >= 0.6 is 11.6 Å². The summed E-state index contributed by atoms with van der Waals surface area (Å²) in [5.41, 5.74) is -0.269. The van der Waals surface area contributed by atoms with Crippen molar-refractivity contribution >= 4 is 17.4 Å². The Kier molecular flexibility index (Phi) is 3.79. The van der Waals surface area contributed by atoms with Crippen molar-refractivity contribution in [3.05, 3.63) is 53.4 Å². The van der Waals surface area contributed by atoms with Crippen LogP contribution < -0.4 is 5.32 Å². The molecule has 0 saturated heterocycles. The fraction of sp³-hybridized carbons (Fsp3) is 0.231. The van der Waals surface area contributed by atoms with E-state index >= 15 is 0 Å². The van der Waals surface area contributed by atoms with Crippen LogP contribution in [-0.4, -0.2) is 21.6 Å². The van der Waals surface area contributed by atoms with Gasteiger partial charge in [0.2, 0.25) is 0 Å². The third kappa shape index (κ3) is 3.18. The lowest BCUT2D eigenvalue weighted by atomic mass is 9.96. The molecule has 0 amide bonds. The summed E-state index contributed by atoms with van der Waals surface area (Å²) in [4.78, 5) is 8.03. The van der Waals surface area contributed by atoms with Gasteiger partial charge in [0.15, 0.2) is 0 Å². The average Bonchev–Trinajstić information content (AvgIpc) is 2.38. The van der Waals surface area contributed by atoms with Gasteiger partial charge in [0.1, 0.15) is 11.4 Å². The normalized spacial score (nSPS) is 13.9. The first-order chi connectivity index (χ1) is 8.58. The van der Waals surface area contributed by atoms with Gasteiger partial charge in [0, 0.05) is 24.0 Å². The van der Waals surface area contributed by atoms with E-state index in [4.69, 9.17) is 11.6 Å². The third-order valence-corrected chi connectivity index (χ3v) is 2.86. The van der Waals surface area contributed by atoms with Crippen LogP contribution in [0.1, 0.15) is 12.5 Å². The van der Waals surface area contributed by atoms with Crippen LogP contribution in [0.3, 0.4) is 0 Å². The topological polar surface area (TPSA) is 58.0 Å². The predicted octanol–water partition coefficient (Wildman–Crippen LogP) is 2.45. The molecule has 1 heterocycles. The van der Waals surface area contributed by atoms with Crippen LogP contribution in [0, 0.1) is 0 Å². The molecule has 1 atom stereocenters. The predicted molar refractivity (Wildman–Crippen MR) is 71.5 cm³/mol. The highest BCUT2D eigenvalue weighted by molar-refractivity contribution is 6.30. The van der Waals surface area contributed by atoms with E-state index in [2.05, 4.69) is 15.3 Å². The summed E-state index contributed by atoms with van der Waals surface area (Å²) in [5.74, 6) is 0.625. The number of anilines is 1. The highest BCUT2D eigenvalue weighted by Gasteiger charge is 2.23. The fourth-order valence-electron chi connectivity index (χ4n) is 1.58. The van der Waals surface area contributed by atoms with E-state index in [0.29, 0.717) is 17.4 Å². The fourth-order valence-corrected chi connectivity index (χ4v) is 1.77. The molecule has 5 heteroatoms. The minimum atomic E-state index is -1.03. The molecule has 94 valence electrons. The van der Waals surface area contributed by atoms with Crippen LogP contribution in [0.25, 0.3) is 0 Å². The molecule has 18 heavy (non-hydrogen) atoms. The number of aliphatic hydroxyl groups is 1. The van der Waals surface area contributed by atoms with E-state index < -0.39 is 5.60 Å². The van der Waals surface area contributed by atoms with Gasteiger partial charge >= 0.3 is 0 Å². The van der Waals surface area contributed by atoms with E-state index in [1.54, 1.807) is 37.6 Å². The van der Waals surface area contributed by atoms with E-state index in [0.717, 1.165) is 5.56 Å². The van der Waals surface area contributed by atoms with Crippen molar-refractivity contribution in [2.24, 2.45) is 0 Å². The second-order valence-corrected chi connectivity index (χ2v) is 4.66. The van der Waals surface area contributed by atoms with E-state index in [1.807, 2.05) is 12.1 Å². The number of nitrogens with zero attached hydrogens (tertiary/aromatic N) is 2. The minimum Gasteiger partial charge on any atom is -0.384 e. The Balaban J connectivity index is 2.08. The summed E-state index contributed by atoms with van der Waals surface area (Å²) >= 11 is 5.91. The Morgan fingerprint density at radius 2 is 2.22 bits per heavy atom. The van der Waals surface area contributed by atoms with Crippen LogP contribution in [0.5, 0.6) is 0 Å². The number of aromatic nitrogens is 2. The van der Waals surface area contributed by atoms with Crippen molar-refractivity contribution in [3.63, 3.8) is 0 Å². The smallest absolute Gasteiger partial charge is 0.144 e. The van der Waals surface area contributed by atoms with Crippen molar-refractivity contribution in [2.45, 2.75) is 12.5 Å². The van der Waals surface area contributed by atoms with Crippen molar-refractivity contribution in [3.8, 4) is 0 Å². The van der Waals surface area contributed by atoms with Gasteiger partial charge < -0.3 is 10.4 Å². The molecule has 0 bridgehead atoms. The Morgan fingerprint density at radius 1 is 1.39 bits per heavy atom. The monoisotopic (exact) mass is 263 g/mol. The summed E-state index contributed by atoms with van der Waals surface area (Å²) in [7, 11) is 0. The molecule has 1 aromatic carbocycles. The van der Waals surface area contributed by atoms with Gasteiger partial charge in [-0.1, -0.05) is 23.7 Å². The van der Waals surface area contributed by atoms with Gasteiger partial charge in [-0.05, 0) is 24.6 Å². The molecular weight excluding hydrogens is 250 g/mol. The molecule has 0 radical (unpaired) electrons. The number of benzene rings is 1.